The second kappa shape index (κ2) is 4.88. The van der Waals surface area contributed by atoms with Crippen LogP contribution in [0.25, 0.3) is 6.08 Å². The van der Waals surface area contributed by atoms with Gasteiger partial charge in [0, 0.05) is 29.5 Å². The predicted molar refractivity (Wildman–Crippen MR) is 81.9 cm³/mol. The van der Waals surface area contributed by atoms with Gasteiger partial charge < -0.3 is 5.32 Å². The summed E-state index contributed by atoms with van der Waals surface area (Å²) < 4.78 is 0. The van der Waals surface area contributed by atoms with Crippen LogP contribution in [-0.4, -0.2) is 16.1 Å². The number of aromatic amines is 1. The van der Waals surface area contributed by atoms with Gasteiger partial charge in [0.2, 0.25) is 5.91 Å². The van der Waals surface area contributed by atoms with E-state index in [4.69, 9.17) is 0 Å². The average molecular weight is 279 g/mol. The second-order valence-electron chi connectivity index (χ2n) is 5.81. The minimum absolute atomic E-state index is 0.0999. The molecule has 0 saturated heterocycles. The molecule has 1 atom stereocenters. The van der Waals surface area contributed by atoms with Crippen molar-refractivity contribution in [1.82, 2.24) is 10.2 Å². The van der Waals surface area contributed by atoms with Gasteiger partial charge in [0.1, 0.15) is 0 Å². The van der Waals surface area contributed by atoms with Crippen LogP contribution in [-0.2, 0) is 11.2 Å². The van der Waals surface area contributed by atoms with Crippen molar-refractivity contribution in [1.29, 1.82) is 0 Å². The molecule has 0 radical (unpaired) electrons. The number of carbonyl (C=O) groups is 1. The first-order valence-electron chi connectivity index (χ1n) is 7.42. The number of hydrogen-bond donors (Lipinski definition) is 2. The first-order valence-corrected chi connectivity index (χ1v) is 7.42. The van der Waals surface area contributed by atoms with E-state index in [0.717, 1.165) is 30.5 Å². The number of benzene rings is 1. The summed E-state index contributed by atoms with van der Waals surface area (Å²) >= 11 is 0. The van der Waals surface area contributed by atoms with Gasteiger partial charge in [-0.2, -0.15) is 5.10 Å². The highest BCUT2D eigenvalue weighted by Crippen LogP contribution is 2.34. The van der Waals surface area contributed by atoms with E-state index < -0.39 is 0 Å². The molecule has 2 aliphatic carbocycles. The van der Waals surface area contributed by atoms with Crippen molar-refractivity contribution < 1.29 is 4.79 Å². The van der Waals surface area contributed by atoms with Gasteiger partial charge in [-0.1, -0.05) is 42.5 Å². The Kier molecular flexibility index (Phi) is 2.88. The van der Waals surface area contributed by atoms with Crippen molar-refractivity contribution in [3.63, 3.8) is 0 Å². The van der Waals surface area contributed by atoms with E-state index in [1.54, 1.807) is 0 Å². The Labute approximate surface area is 123 Å². The molecule has 4 rings (SSSR count). The van der Waals surface area contributed by atoms with Crippen molar-refractivity contribution in [3.8, 4) is 0 Å². The molecule has 106 valence electrons. The lowest BCUT2D eigenvalue weighted by Gasteiger charge is -2.17. The number of carbonyl (C=O) groups excluding carboxylic acids is 1. The zero-order valence-corrected chi connectivity index (χ0v) is 11.7. The lowest BCUT2D eigenvalue weighted by Crippen LogP contribution is -2.14. The number of nitrogens with zero attached hydrogens (tertiary/aromatic N) is 1. The number of fused-ring (bicyclic) bond motifs is 1. The number of allylic oxidation sites excluding steroid dienone is 1. The molecule has 1 unspecified atom stereocenters. The van der Waals surface area contributed by atoms with Gasteiger partial charge in [0.15, 0.2) is 5.82 Å². The molecule has 2 N–H and O–H groups in total. The minimum atomic E-state index is 0.0999. The fraction of sp³-hybridized carbons (Fsp3) is 0.294. The number of anilines is 1. The van der Waals surface area contributed by atoms with Gasteiger partial charge in [-0.25, -0.2) is 0 Å². The maximum atomic E-state index is 11.9. The van der Waals surface area contributed by atoms with Crippen LogP contribution in [0.5, 0.6) is 0 Å². The van der Waals surface area contributed by atoms with Crippen molar-refractivity contribution in [2.24, 2.45) is 5.92 Å². The molecule has 0 bridgehead atoms. The Morgan fingerprint density at radius 3 is 2.81 bits per heavy atom. The van der Waals surface area contributed by atoms with E-state index in [-0.39, 0.29) is 11.8 Å². The lowest BCUT2D eigenvalue weighted by molar-refractivity contribution is -0.117. The first-order chi connectivity index (χ1) is 10.3. The van der Waals surface area contributed by atoms with Gasteiger partial charge in [0.25, 0.3) is 0 Å². The molecule has 1 heterocycles. The molecular formula is C17H17N3O. The lowest BCUT2D eigenvalue weighted by atomic mass is 9.88. The van der Waals surface area contributed by atoms with Gasteiger partial charge in [-0.05, 0) is 18.4 Å². The quantitative estimate of drug-likeness (QED) is 0.907. The van der Waals surface area contributed by atoms with Crippen LogP contribution >= 0.6 is 0 Å². The van der Waals surface area contributed by atoms with Crippen LogP contribution in [0.15, 0.2) is 36.4 Å². The third-order valence-electron chi connectivity index (χ3n) is 4.22. The molecule has 2 aromatic rings. The molecule has 1 aromatic carbocycles. The van der Waals surface area contributed by atoms with E-state index in [9.17, 15) is 4.79 Å². The first kappa shape index (κ1) is 12.4. The predicted octanol–water partition coefficient (Wildman–Crippen LogP) is 3.11. The zero-order chi connectivity index (χ0) is 14.2. The van der Waals surface area contributed by atoms with Gasteiger partial charge in [0.05, 0.1) is 0 Å². The van der Waals surface area contributed by atoms with Crippen LogP contribution in [0.3, 0.4) is 0 Å². The molecule has 0 aliphatic heterocycles. The molecule has 4 heteroatoms. The van der Waals surface area contributed by atoms with Gasteiger partial charge >= 0.3 is 0 Å². The maximum absolute atomic E-state index is 11.9. The van der Waals surface area contributed by atoms with Gasteiger partial charge in [-0.3, -0.25) is 9.89 Å². The number of nitrogens with one attached hydrogen (secondary N) is 2. The fourth-order valence-electron chi connectivity index (χ4n) is 2.81. The van der Waals surface area contributed by atoms with E-state index in [2.05, 4.69) is 51.9 Å². The average Bonchev–Trinajstić information content (AvgIpc) is 3.31. The summed E-state index contributed by atoms with van der Waals surface area (Å²) in [5.74, 6) is 1.33. The number of rotatable bonds is 3. The Bertz CT molecular complexity index is 698. The zero-order valence-electron chi connectivity index (χ0n) is 11.7. The van der Waals surface area contributed by atoms with Crippen molar-refractivity contribution >= 4 is 17.8 Å². The van der Waals surface area contributed by atoms with E-state index in [1.807, 2.05) is 6.07 Å². The smallest absolute Gasteiger partial charge is 0.228 e. The van der Waals surface area contributed by atoms with Crippen LogP contribution in [0, 0.1) is 5.92 Å². The van der Waals surface area contributed by atoms with E-state index in [1.165, 1.54) is 5.56 Å². The summed E-state index contributed by atoms with van der Waals surface area (Å²) in [6, 6.07) is 10.4. The number of amides is 1. The second-order valence-corrected chi connectivity index (χ2v) is 5.81. The summed E-state index contributed by atoms with van der Waals surface area (Å²) in [5, 5.41) is 10.3. The van der Waals surface area contributed by atoms with Crippen LogP contribution in [0.4, 0.5) is 5.82 Å². The SMILES string of the molecule is O=C(Nc1n[nH]c2c1C=CC(c1ccccc1)C2)C1CC1. The van der Waals surface area contributed by atoms with Crippen molar-refractivity contribution in [2.45, 2.75) is 25.2 Å². The largest absolute Gasteiger partial charge is 0.308 e. The number of hydrogen-bond acceptors (Lipinski definition) is 2. The third kappa shape index (κ3) is 2.37. The standard InChI is InChI=1S/C17H17N3O/c21-17(12-6-7-12)18-16-14-9-8-13(10-15(14)19-20-16)11-4-2-1-3-5-11/h1-5,8-9,12-13H,6-7,10H2,(H2,18,19,20,21). The topological polar surface area (TPSA) is 57.8 Å². The minimum Gasteiger partial charge on any atom is -0.308 e. The highest BCUT2D eigenvalue weighted by atomic mass is 16.2. The summed E-state index contributed by atoms with van der Waals surface area (Å²) in [6.07, 6.45) is 7.17. The van der Waals surface area contributed by atoms with Crippen molar-refractivity contribution in [2.75, 3.05) is 5.32 Å². The van der Waals surface area contributed by atoms with Crippen molar-refractivity contribution in [3.05, 3.63) is 53.2 Å². The molecule has 4 nitrogen and oxygen atoms in total. The Morgan fingerprint density at radius 1 is 1.24 bits per heavy atom. The molecule has 1 aromatic heterocycles. The Morgan fingerprint density at radius 2 is 2.05 bits per heavy atom. The number of aromatic nitrogens is 2. The number of H-pyrrole nitrogens is 1. The highest BCUT2D eigenvalue weighted by molar-refractivity contribution is 5.95. The summed E-state index contributed by atoms with van der Waals surface area (Å²) in [5.41, 5.74) is 3.42. The summed E-state index contributed by atoms with van der Waals surface area (Å²) in [4.78, 5) is 11.9. The van der Waals surface area contributed by atoms with Gasteiger partial charge in [-0.15, -0.1) is 0 Å². The van der Waals surface area contributed by atoms with Crippen LogP contribution < -0.4 is 5.32 Å². The van der Waals surface area contributed by atoms with Crippen LogP contribution in [0.1, 0.15) is 35.6 Å². The molecule has 1 fully saturated rings. The molecule has 0 spiro atoms. The molecule has 21 heavy (non-hydrogen) atoms. The normalized spacial score (nSPS) is 20.1. The fourth-order valence-corrected chi connectivity index (χ4v) is 2.81. The molecule has 2 aliphatic rings. The van der Waals surface area contributed by atoms with E-state index in [0.29, 0.717) is 11.7 Å². The Hall–Kier alpha value is -2.36. The van der Waals surface area contributed by atoms with Crippen LogP contribution in [0.2, 0.25) is 0 Å². The highest BCUT2D eigenvalue weighted by Gasteiger charge is 2.31. The third-order valence-corrected chi connectivity index (χ3v) is 4.22. The summed E-state index contributed by atoms with van der Waals surface area (Å²) in [7, 11) is 0. The monoisotopic (exact) mass is 279 g/mol. The molecule has 1 saturated carbocycles. The van der Waals surface area contributed by atoms with E-state index >= 15 is 0 Å². The Balaban J connectivity index is 1.55. The molecule has 1 amide bonds. The summed E-state index contributed by atoms with van der Waals surface area (Å²) in [6.45, 7) is 0. The molecular weight excluding hydrogens is 262 g/mol. The maximum Gasteiger partial charge on any atom is 0.228 e.